The molecule has 0 aromatic heterocycles. The second-order valence-corrected chi connectivity index (χ2v) is 7.18. The van der Waals surface area contributed by atoms with E-state index in [4.69, 9.17) is 4.74 Å². The summed E-state index contributed by atoms with van der Waals surface area (Å²) in [6.45, 7) is 0. The van der Waals surface area contributed by atoms with Crippen molar-refractivity contribution in [1.29, 1.82) is 0 Å². The highest BCUT2D eigenvalue weighted by atomic mass is 19.1. The summed E-state index contributed by atoms with van der Waals surface area (Å²) >= 11 is 0. The lowest BCUT2D eigenvalue weighted by molar-refractivity contribution is -0.209. The highest BCUT2D eigenvalue weighted by Crippen LogP contribution is 2.55. The largest absolute Gasteiger partial charge is 0.358 e. The van der Waals surface area contributed by atoms with Gasteiger partial charge in [-0.1, -0.05) is 103 Å². The molecule has 0 saturated carbocycles. The van der Waals surface area contributed by atoms with Crippen LogP contribution in [0.3, 0.4) is 0 Å². The van der Waals surface area contributed by atoms with Gasteiger partial charge in [0.05, 0.1) is 0 Å². The number of benzene rings is 4. The quantitative estimate of drug-likeness (QED) is 0.518. The Morgan fingerprint density at radius 1 is 0.552 bits per heavy atom. The standard InChI is InChI=1S/C26H19FO2/c27-24-18-10-9-17-23(24)25(19-11-3-1-4-12-19)21-15-7-8-16-22(21)26(28,29-25)20-13-5-2-6-14-20/h1-18,28H. The first kappa shape index (κ1) is 17.8. The molecule has 0 fully saturated rings. The monoisotopic (exact) mass is 382 g/mol. The Morgan fingerprint density at radius 2 is 1.03 bits per heavy atom. The Bertz CT molecular complexity index is 1160. The average molecular weight is 382 g/mol. The molecule has 4 aromatic carbocycles. The number of ether oxygens (including phenoxy) is 1. The van der Waals surface area contributed by atoms with E-state index < -0.39 is 11.4 Å². The molecule has 2 atom stereocenters. The molecule has 3 heteroatoms. The van der Waals surface area contributed by atoms with E-state index in [0.717, 1.165) is 11.1 Å². The predicted octanol–water partition coefficient (Wildman–Crippen LogP) is 5.34. The molecule has 5 rings (SSSR count). The van der Waals surface area contributed by atoms with Crippen molar-refractivity contribution in [3.05, 3.63) is 143 Å². The van der Waals surface area contributed by atoms with Crippen LogP contribution in [-0.4, -0.2) is 5.11 Å². The Kier molecular flexibility index (Phi) is 4.09. The lowest BCUT2D eigenvalue weighted by atomic mass is 9.79. The van der Waals surface area contributed by atoms with Crippen LogP contribution >= 0.6 is 0 Å². The van der Waals surface area contributed by atoms with Crippen LogP contribution in [-0.2, 0) is 16.1 Å². The highest BCUT2D eigenvalue weighted by molar-refractivity contribution is 5.57. The van der Waals surface area contributed by atoms with Crippen molar-refractivity contribution in [1.82, 2.24) is 0 Å². The minimum atomic E-state index is -1.71. The summed E-state index contributed by atoms with van der Waals surface area (Å²) in [5.74, 6) is -2.10. The van der Waals surface area contributed by atoms with Gasteiger partial charge in [0.1, 0.15) is 5.82 Å². The van der Waals surface area contributed by atoms with E-state index in [1.165, 1.54) is 6.07 Å². The Hall–Kier alpha value is -3.27. The first-order valence-corrected chi connectivity index (χ1v) is 9.55. The zero-order valence-electron chi connectivity index (χ0n) is 15.6. The number of fused-ring (bicyclic) bond motifs is 1. The van der Waals surface area contributed by atoms with Crippen molar-refractivity contribution in [3.8, 4) is 0 Å². The van der Waals surface area contributed by atoms with Gasteiger partial charge in [0.2, 0.25) is 5.79 Å². The second kappa shape index (κ2) is 6.66. The number of hydrogen-bond acceptors (Lipinski definition) is 2. The van der Waals surface area contributed by atoms with E-state index in [1.807, 2.05) is 84.9 Å². The second-order valence-electron chi connectivity index (χ2n) is 7.18. The molecule has 29 heavy (non-hydrogen) atoms. The summed E-state index contributed by atoms with van der Waals surface area (Å²) in [5.41, 5.74) is 1.77. The zero-order chi connectivity index (χ0) is 19.9. The SMILES string of the molecule is OC1(c2ccccc2)OC(c2ccccc2)(c2ccccc2F)c2ccccc21. The van der Waals surface area contributed by atoms with E-state index in [1.54, 1.807) is 18.2 Å². The van der Waals surface area contributed by atoms with Crippen LogP contribution in [0, 0.1) is 5.82 Å². The Morgan fingerprint density at radius 3 is 1.66 bits per heavy atom. The summed E-state index contributed by atoms with van der Waals surface area (Å²) in [5, 5.41) is 11.8. The van der Waals surface area contributed by atoms with Gasteiger partial charge < -0.3 is 9.84 Å². The number of aliphatic hydroxyl groups is 1. The average Bonchev–Trinajstić information content (AvgIpc) is 3.07. The molecular formula is C26H19FO2. The van der Waals surface area contributed by atoms with Crippen molar-refractivity contribution in [2.24, 2.45) is 0 Å². The van der Waals surface area contributed by atoms with Crippen molar-refractivity contribution >= 4 is 0 Å². The fourth-order valence-corrected chi connectivity index (χ4v) is 4.29. The smallest absolute Gasteiger partial charge is 0.221 e. The molecule has 1 aliphatic heterocycles. The van der Waals surface area contributed by atoms with Crippen LogP contribution in [0.5, 0.6) is 0 Å². The van der Waals surface area contributed by atoms with Gasteiger partial charge in [-0.2, -0.15) is 0 Å². The molecule has 0 radical (unpaired) electrons. The van der Waals surface area contributed by atoms with E-state index >= 15 is 4.39 Å². The third-order valence-corrected chi connectivity index (χ3v) is 5.57. The van der Waals surface area contributed by atoms with Crippen LogP contribution in [0.25, 0.3) is 0 Å². The fourth-order valence-electron chi connectivity index (χ4n) is 4.29. The fraction of sp³-hybridized carbons (Fsp3) is 0.0769. The van der Waals surface area contributed by atoms with Gasteiger partial charge in [-0.05, 0) is 11.6 Å². The van der Waals surface area contributed by atoms with E-state index in [0.29, 0.717) is 16.7 Å². The summed E-state index contributed by atoms with van der Waals surface area (Å²) in [6, 6.07) is 32.8. The van der Waals surface area contributed by atoms with Crippen LogP contribution in [0.15, 0.2) is 109 Å². The lowest BCUT2D eigenvalue weighted by Crippen LogP contribution is -2.36. The number of halogens is 1. The molecule has 1 aliphatic rings. The summed E-state index contributed by atoms with van der Waals surface area (Å²) in [4.78, 5) is 0. The van der Waals surface area contributed by atoms with E-state index in [2.05, 4.69) is 0 Å². The maximum Gasteiger partial charge on any atom is 0.221 e. The minimum Gasteiger partial charge on any atom is -0.358 e. The zero-order valence-corrected chi connectivity index (χ0v) is 15.6. The van der Waals surface area contributed by atoms with Crippen LogP contribution in [0.4, 0.5) is 4.39 Å². The molecule has 0 amide bonds. The molecule has 4 aromatic rings. The van der Waals surface area contributed by atoms with Crippen molar-refractivity contribution in [3.63, 3.8) is 0 Å². The molecular weight excluding hydrogens is 363 g/mol. The predicted molar refractivity (Wildman–Crippen MR) is 110 cm³/mol. The topological polar surface area (TPSA) is 29.5 Å². The molecule has 0 aliphatic carbocycles. The first-order valence-electron chi connectivity index (χ1n) is 9.55. The third-order valence-electron chi connectivity index (χ3n) is 5.57. The lowest BCUT2D eigenvalue weighted by Gasteiger charge is -2.34. The normalized spacial score (nSPS) is 23.0. The number of rotatable bonds is 3. The maximum atomic E-state index is 15.2. The van der Waals surface area contributed by atoms with Crippen molar-refractivity contribution in [2.45, 2.75) is 11.4 Å². The molecule has 0 saturated heterocycles. The molecule has 0 spiro atoms. The third kappa shape index (κ3) is 2.55. The van der Waals surface area contributed by atoms with E-state index in [9.17, 15) is 5.11 Å². The van der Waals surface area contributed by atoms with Crippen molar-refractivity contribution < 1.29 is 14.2 Å². The van der Waals surface area contributed by atoms with Gasteiger partial charge >= 0.3 is 0 Å². The van der Waals surface area contributed by atoms with Crippen LogP contribution < -0.4 is 0 Å². The maximum absolute atomic E-state index is 15.2. The molecule has 0 bridgehead atoms. The highest BCUT2D eigenvalue weighted by Gasteiger charge is 2.56. The molecule has 2 unspecified atom stereocenters. The summed E-state index contributed by atoms with van der Waals surface area (Å²) in [7, 11) is 0. The van der Waals surface area contributed by atoms with Gasteiger partial charge in [0.25, 0.3) is 0 Å². The number of hydrogen-bond donors (Lipinski definition) is 1. The minimum absolute atomic E-state index is 0.366. The van der Waals surface area contributed by atoms with Crippen LogP contribution in [0.2, 0.25) is 0 Å². The Balaban J connectivity index is 1.87. The summed E-state index contributed by atoms with van der Waals surface area (Å²) in [6.07, 6.45) is 0. The Labute approximate surface area is 168 Å². The van der Waals surface area contributed by atoms with Crippen molar-refractivity contribution in [2.75, 3.05) is 0 Å². The molecule has 2 nitrogen and oxygen atoms in total. The molecule has 1 heterocycles. The summed E-state index contributed by atoms with van der Waals surface area (Å²) < 4.78 is 21.7. The van der Waals surface area contributed by atoms with E-state index in [-0.39, 0.29) is 5.82 Å². The van der Waals surface area contributed by atoms with Gasteiger partial charge in [-0.15, -0.1) is 0 Å². The van der Waals surface area contributed by atoms with Gasteiger partial charge in [-0.25, -0.2) is 4.39 Å². The van der Waals surface area contributed by atoms with Gasteiger partial charge in [0.15, 0.2) is 5.60 Å². The molecule has 1 N–H and O–H groups in total. The first-order chi connectivity index (χ1) is 14.2. The molecule has 142 valence electrons. The van der Waals surface area contributed by atoms with Gasteiger partial charge in [0, 0.05) is 22.3 Å². The van der Waals surface area contributed by atoms with Gasteiger partial charge in [-0.3, -0.25) is 0 Å². The van der Waals surface area contributed by atoms with Crippen LogP contribution in [0.1, 0.15) is 27.8 Å².